The molecule has 3 aromatic rings. The van der Waals surface area contributed by atoms with Crippen molar-refractivity contribution in [3.8, 4) is 11.5 Å². The highest BCUT2D eigenvalue weighted by Gasteiger charge is 2.09. The van der Waals surface area contributed by atoms with E-state index in [2.05, 4.69) is 10.5 Å². The first-order chi connectivity index (χ1) is 13.0. The number of nitrogens with zero attached hydrogens (tertiary/aromatic N) is 1. The van der Waals surface area contributed by atoms with E-state index in [0.29, 0.717) is 17.0 Å². The molecule has 0 radical (unpaired) electrons. The van der Waals surface area contributed by atoms with Gasteiger partial charge in [0.15, 0.2) is 6.61 Å². The number of aromatic hydroxyl groups is 1. The Labute approximate surface area is 158 Å². The largest absolute Gasteiger partial charge is 0.507 e. The molecule has 1 amide bonds. The summed E-state index contributed by atoms with van der Waals surface area (Å²) in [5, 5.41) is 16.2. The average Bonchev–Trinajstić information content (AvgIpc) is 2.67. The van der Waals surface area contributed by atoms with Gasteiger partial charge in [-0.2, -0.15) is 5.10 Å². The second-order valence-electron chi connectivity index (χ2n) is 6.45. The van der Waals surface area contributed by atoms with Gasteiger partial charge in [-0.3, -0.25) is 4.79 Å². The maximum Gasteiger partial charge on any atom is 0.277 e. The van der Waals surface area contributed by atoms with Crippen molar-refractivity contribution in [2.24, 2.45) is 5.10 Å². The van der Waals surface area contributed by atoms with Gasteiger partial charge in [0.25, 0.3) is 5.91 Å². The third kappa shape index (κ3) is 4.26. The average molecular weight is 362 g/mol. The first kappa shape index (κ1) is 18.5. The number of benzene rings is 3. The number of nitrogens with one attached hydrogen (secondary N) is 1. The summed E-state index contributed by atoms with van der Waals surface area (Å²) < 4.78 is 5.49. The lowest BCUT2D eigenvalue weighted by atomic mass is 10.0. The fourth-order valence-corrected chi connectivity index (χ4v) is 2.74. The Balaban J connectivity index is 1.65. The molecule has 5 heteroatoms. The zero-order valence-electron chi connectivity index (χ0n) is 15.6. The Morgan fingerprint density at radius 1 is 1.07 bits per heavy atom. The van der Waals surface area contributed by atoms with Gasteiger partial charge in [0, 0.05) is 10.9 Å². The van der Waals surface area contributed by atoms with Crippen LogP contribution < -0.4 is 10.2 Å². The van der Waals surface area contributed by atoms with Crippen molar-refractivity contribution in [3.63, 3.8) is 0 Å². The quantitative estimate of drug-likeness (QED) is 0.531. The van der Waals surface area contributed by atoms with E-state index in [9.17, 15) is 9.90 Å². The molecule has 0 aromatic heterocycles. The lowest BCUT2D eigenvalue weighted by molar-refractivity contribution is -0.123. The number of hydrazone groups is 1. The van der Waals surface area contributed by atoms with Gasteiger partial charge in [0.1, 0.15) is 11.5 Å². The van der Waals surface area contributed by atoms with Crippen molar-refractivity contribution in [1.29, 1.82) is 0 Å². The van der Waals surface area contributed by atoms with Crippen LogP contribution in [0.1, 0.15) is 23.6 Å². The molecule has 0 unspecified atom stereocenters. The number of carbonyl (C=O) groups is 1. The zero-order valence-corrected chi connectivity index (χ0v) is 15.6. The number of hydrogen-bond donors (Lipinski definition) is 2. The molecule has 0 aliphatic carbocycles. The van der Waals surface area contributed by atoms with Gasteiger partial charge < -0.3 is 9.84 Å². The van der Waals surface area contributed by atoms with E-state index < -0.39 is 0 Å². The molecule has 0 spiro atoms. The molecule has 0 bridgehead atoms. The maximum absolute atomic E-state index is 12.0. The molecule has 138 valence electrons. The summed E-state index contributed by atoms with van der Waals surface area (Å²) in [7, 11) is 0. The minimum absolute atomic E-state index is 0.136. The van der Waals surface area contributed by atoms with Crippen molar-refractivity contribution in [2.75, 3.05) is 6.61 Å². The molecule has 0 aliphatic rings. The summed E-state index contributed by atoms with van der Waals surface area (Å²) in [5.74, 6) is 0.420. The molecule has 0 saturated carbocycles. The third-order valence-electron chi connectivity index (χ3n) is 4.49. The minimum atomic E-state index is -0.368. The number of aryl methyl sites for hydroxylation is 2. The van der Waals surface area contributed by atoms with Crippen molar-refractivity contribution in [2.45, 2.75) is 20.8 Å². The number of amides is 1. The normalized spacial score (nSPS) is 11.4. The first-order valence-corrected chi connectivity index (χ1v) is 8.70. The van der Waals surface area contributed by atoms with Crippen LogP contribution in [-0.4, -0.2) is 23.3 Å². The Hall–Kier alpha value is -3.34. The molecule has 0 saturated heterocycles. The molecule has 2 N–H and O–H groups in total. The zero-order chi connectivity index (χ0) is 19.4. The van der Waals surface area contributed by atoms with Gasteiger partial charge in [-0.15, -0.1) is 0 Å². The summed E-state index contributed by atoms with van der Waals surface area (Å²) in [6, 6.07) is 16.9. The lowest BCUT2D eigenvalue weighted by Gasteiger charge is -2.09. The van der Waals surface area contributed by atoms with E-state index in [1.165, 1.54) is 5.56 Å². The van der Waals surface area contributed by atoms with Crippen molar-refractivity contribution < 1.29 is 14.6 Å². The molecule has 5 nitrogen and oxygen atoms in total. The van der Waals surface area contributed by atoms with Crippen LogP contribution in [0.25, 0.3) is 10.8 Å². The van der Waals surface area contributed by atoms with Crippen LogP contribution in [0.5, 0.6) is 11.5 Å². The summed E-state index contributed by atoms with van der Waals surface area (Å²) in [5.41, 5.74) is 5.82. The van der Waals surface area contributed by atoms with Crippen LogP contribution >= 0.6 is 0 Å². The van der Waals surface area contributed by atoms with E-state index in [0.717, 1.165) is 16.3 Å². The SMILES string of the molecule is C/C(=N\NC(=O)COc1ccc(C)c(C)c1)c1ccc2ccccc2c1O. The molecule has 3 rings (SSSR count). The van der Waals surface area contributed by atoms with E-state index in [1.807, 2.05) is 62.4 Å². The van der Waals surface area contributed by atoms with E-state index in [1.54, 1.807) is 13.0 Å². The highest BCUT2D eigenvalue weighted by molar-refractivity contribution is 6.06. The number of phenolic OH excluding ortho intramolecular Hbond substituents is 1. The highest BCUT2D eigenvalue weighted by Crippen LogP contribution is 2.28. The van der Waals surface area contributed by atoms with Gasteiger partial charge in [-0.1, -0.05) is 36.4 Å². The molecular formula is C22H22N2O3. The first-order valence-electron chi connectivity index (χ1n) is 8.70. The Morgan fingerprint density at radius 3 is 2.63 bits per heavy atom. The monoisotopic (exact) mass is 362 g/mol. The number of phenols is 1. The second kappa shape index (κ2) is 7.91. The van der Waals surface area contributed by atoms with Crippen LogP contribution in [0.15, 0.2) is 59.7 Å². The van der Waals surface area contributed by atoms with Crippen LogP contribution in [0.2, 0.25) is 0 Å². The molecule has 27 heavy (non-hydrogen) atoms. The lowest BCUT2D eigenvalue weighted by Crippen LogP contribution is -2.25. The number of fused-ring (bicyclic) bond motifs is 1. The van der Waals surface area contributed by atoms with Crippen LogP contribution in [0.3, 0.4) is 0 Å². The Kier molecular flexibility index (Phi) is 5.41. The van der Waals surface area contributed by atoms with E-state index in [4.69, 9.17) is 4.74 Å². The summed E-state index contributed by atoms with van der Waals surface area (Å²) in [4.78, 5) is 12.0. The fourth-order valence-electron chi connectivity index (χ4n) is 2.74. The van der Waals surface area contributed by atoms with Crippen molar-refractivity contribution in [1.82, 2.24) is 5.43 Å². The fraction of sp³-hybridized carbons (Fsp3) is 0.182. The molecule has 0 heterocycles. The van der Waals surface area contributed by atoms with Crippen LogP contribution in [0, 0.1) is 13.8 Å². The summed E-state index contributed by atoms with van der Waals surface area (Å²) in [6.45, 7) is 5.61. The Morgan fingerprint density at radius 2 is 1.85 bits per heavy atom. The molecule has 0 atom stereocenters. The minimum Gasteiger partial charge on any atom is -0.507 e. The van der Waals surface area contributed by atoms with Crippen molar-refractivity contribution >= 4 is 22.4 Å². The van der Waals surface area contributed by atoms with Gasteiger partial charge >= 0.3 is 0 Å². The van der Waals surface area contributed by atoms with Gasteiger partial charge in [-0.25, -0.2) is 5.43 Å². The predicted molar refractivity (Wildman–Crippen MR) is 107 cm³/mol. The standard InChI is InChI=1S/C22H22N2O3/c1-14-8-10-18(12-15(14)2)27-13-21(25)24-23-16(3)19-11-9-17-6-4-5-7-20(17)22(19)26/h4-12,26H,13H2,1-3H3,(H,24,25)/b23-16+. The number of ether oxygens (including phenoxy) is 1. The van der Waals surface area contributed by atoms with E-state index in [-0.39, 0.29) is 18.3 Å². The van der Waals surface area contributed by atoms with E-state index >= 15 is 0 Å². The van der Waals surface area contributed by atoms with Crippen LogP contribution in [-0.2, 0) is 4.79 Å². The van der Waals surface area contributed by atoms with Crippen molar-refractivity contribution in [3.05, 3.63) is 71.3 Å². The summed E-state index contributed by atoms with van der Waals surface area (Å²) >= 11 is 0. The van der Waals surface area contributed by atoms with Gasteiger partial charge in [0.05, 0.1) is 5.71 Å². The molecule has 3 aromatic carbocycles. The Bertz CT molecular complexity index is 1030. The molecule has 0 fully saturated rings. The van der Waals surface area contributed by atoms with Gasteiger partial charge in [-0.05, 0) is 55.5 Å². The summed E-state index contributed by atoms with van der Waals surface area (Å²) in [6.07, 6.45) is 0. The smallest absolute Gasteiger partial charge is 0.277 e. The topological polar surface area (TPSA) is 70.9 Å². The number of carbonyl (C=O) groups excluding carboxylic acids is 1. The number of rotatable bonds is 5. The highest BCUT2D eigenvalue weighted by atomic mass is 16.5. The van der Waals surface area contributed by atoms with Crippen LogP contribution in [0.4, 0.5) is 0 Å². The number of hydrogen-bond acceptors (Lipinski definition) is 4. The molecular weight excluding hydrogens is 340 g/mol. The third-order valence-corrected chi connectivity index (χ3v) is 4.49. The second-order valence-corrected chi connectivity index (χ2v) is 6.45. The molecule has 0 aliphatic heterocycles. The maximum atomic E-state index is 12.0. The van der Waals surface area contributed by atoms with Gasteiger partial charge in [0.2, 0.25) is 0 Å². The predicted octanol–water partition coefficient (Wildman–Crippen LogP) is 4.08.